The molecule has 3 fully saturated rings. The van der Waals surface area contributed by atoms with Gasteiger partial charge in [0.1, 0.15) is 17.7 Å². The van der Waals surface area contributed by atoms with E-state index in [0.29, 0.717) is 6.54 Å². The molecular weight excluding hydrogens is 783 g/mol. The first-order valence-corrected chi connectivity index (χ1v) is 24.9. The molecule has 0 radical (unpaired) electrons. The molecule has 5 heterocycles. The fourth-order valence-corrected chi connectivity index (χ4v) is 14.0. The first-order chi connectivity index (χ1) is 28.1. The summed E-state index contributed by atoms with van der Waals surface area (Å²) in [5.41, 5.74) is 3.91. The van der Waals surface area contributed by atoms with Gasteiger partial charge in [-0.2, -0.15) is 0 Å². The molecule has 13 nitrogen and oxygen atoms in total. The van der Waals surface area contributed by atoms with Gasteiger partial charge in [0.25, 0.3) is 0 Å². The number of imidazole rings is 2. The second kappa shape index (κ2) is 15.5. The van der Waals surface area contributed by atoms with Gasteiger partial charge in [0.2, 0.25) is 5.91 Å². The van der Waals surface area contributed by atoms with Gasteiger partial charge >= 0.3 is 12.2 Å². The molecule has 1 unspecified atom stereocenters. The Morgan fingerprint density at radius 1 is 0.881 bits per heavy atom. The largest absolute Gasteiger partial charge is 0.453 e. The Balaban J connectivity index is 1.02. The number of hydrogen-bond acceptors (Lipinski definition) is 9. The van der Waals surface area contributed by atoms with Crippen LogP contribution in [0.15, 0.2) is 48.7 Å². The Hall–Kier alpha value is -5.02. The van der Waals surface area contributed by atoms with Crippen molar-refractivity contribution < 1.29 is 28.7 Å². The number of amides is 3. The monoisotopic (exact) mass is 837 g/mol. The molecule has 8 rings (SSSR count). The number of alkyl carbamates (subject to hydrolysis) is 2. The number of H-pyrrole nitrogens is 2. The number of carbonyl (C=O) groups is 4. The highest BCUT2D eigenvalue weighted by molar-refractivity contribution is 7.18. The van der Waals surface area contributed by atoms with Gasteiger partial charge in [0.05, 0.1) is 54.1 Å². The fraction of sp³-hybridized carbons (Fsp3) is 0.500. The van der Waals surface area contributed by atoms with Crippen molar-refractivity contribution in [2.45, 2.75) is 96.2 Å². The standard InChI is InChI=1S/C44H55N7O6SSi/c1-23(2)35(49-42(54)56-5)38(52)28-20-59(7,8)21-29(28)39-45-19-31(47-39)34-14-13-33(58-34)26-9-11-27-25(17-26)10-12-30-37(27)48-40(46-30)32-18-44(15-16-44)22-51(32)41(53)36(24(3)4)50-43(55)57-6/h9-14,17,19,23-24,28-29,32,35-36H,15-16,18,20-22H2,1-8H3,(H,45,47)(H,46,48)(H,49,54)(H,50,55)/t28?,29-,32+,35+,36+/m1/s1. The van der Waals surface area contributed by atoms with Gasteiger partial charge in [-0.05, 0) is 83.8 Å². The summed E-state index contributed by atoms with van der Waals surface area (Å²) >= 11 is 1.69. The molecule has 2 aliphatic heterocycles. The van der Waals surface area contributed by atoms with Crippen molar-refractivity contribution in [2.24, 2.45) is 23.2 Å². The van der Waals surface area contributed by atoms with E-state index in [1.807, 2.05) is 38.8 Å². The molecule has 1 aliphatic carbocycles. The third-order valence-corrected chi connectivity index (χ3v) is 17.1. The molecule has 0 bridgehead atoms. The van der Waals surface area contributed by atoms with Crippen molar-refractivity contribution in [3.8, 4) is 21.0 Å². The number of hydrogen-bond donors (Lipinski definition) is 4. The molecule has 4 N–H and O–H groups in total. The predicted octanol–water partition coefficient (Wildman–Crippen LogP) is 8.64. The summed E-state index contributed by atoms with van der Waals surface area (Å²) in [6.07, 6.45) is 3.68. The number of thiophene rings is 1. The van der Waals surface area contributed by atoms with Crippen molar-refractivity contribution in [1.29, 1.82) is 0 Å². The summed E-state index contributed by atoms with van der Waals surface area (Å²) in [4.78, 5) is 73.6. The van der Waals surface area contributed by atoms with Crippen molar-refractivity contribution in [1.82, 2.24) is 35.5 Å². The molecule has 5 atom stereocenters. The smallest absolute Gasteiger partial charge is 0.407 e. The summed E-state index contributed by atoms with van der Waals surface area (Å²) in [7, 11) is 0.943. The normalized spacial score (nSPS) is 21.7. The van der Waals surface area contributed by atoms with E-state index in [2.05, 4.69) is 76.2 Å². The lowest BCUT2D eigenvalue weighted by molar-refractivity contribution is -0.135. The van der Waals surface area contributed by atoms with Crippen LogP contribution < -0.4 is 10.6 Å². The van der Waals surface area contributed by atoms with E-state index in [-0.39, 0.29) is 46.8 Å². The quantitative estimate of drug-likeness (QED) is 0.0958. The highest BCUT2D eigenvalue weighted by Gasteiger charge is 2.55. The molecule has 312 valence electrons. The zero-order valence-corrected chi connectivity index (χ0v) is 36.9. The predicted molar refractivity (Wildman–Crippen MR) is 232 cm³/mol. The molecule has 5 aromatic rings. The van der Waals surface area contributed by atoms with E-state index < -0.39 is 32.3 Å². The van der Waals surface area contributed by atoms with Gasteiger partial charge in [-0.15, -0.1) is 11.3 Å². The summed E-state index contributed by atoms with van der Waals surface area (Å²) in [5, 5.41) is 7.65. The minimum Gasteiger partial charge on any atom is -0.453 e. The van der Waals surface area contributed by atoms with Crippen molar-refractivity contribution >= 4 is 65.1 Å². The van der Waals surface area contributed by atoms with E-state index in [4.69, 9.17) is 19.4 Å². The number of methoxy groups -OCH3 is 2. The molecule has 59 heavy (non-hydrogen) atoms. The maximum absolute atomic E-state index is 14.0. The fourth-order valence-electron chi connectivity index (χ4n) is 9.50. The molecule has 2 aromatic carbocycles. The molecule has 3 aliphatic rings. The molecule has 1 saturated carbocycles. The van der Waals surface area contributed by atoms with Crippen LogP contribution in [-0.4, -0.2) is 89.6 Å². The van der Waals surface area contributed by atoms with E-state index in [9.17, 15) is 19.2 Å². The van der Waals surface area contributed by atoms with Crippen LogP contribution in [0, 0.1) is 23.2 Å². The number of aromatic amines is 2. The van der Waals surface area contributed by atoms with Gasteiger partial charge in [0, 0.05) is 36.7 Å². The maximum Gasteiger partial charge on any atom is 0.407 e. The Labute approximate surface area is 349 Å². The highest BCUT2D eigenvalue weighted by Crippen LogP contribution is 2.58. The van der Waals surface area contributed by atoms with Crippen LogP contribution in [0.4, 0.5) is 9.59 Å². The Kier molecular flexibility index (Phi) is 10.7. The lowest BCUT2D eigenvalue weighted by Crippen LogP contribution is -2.51. The molecule has 15 heteroatoms. The first-order valence-electron chi connectivity index (χ1n) is 20.7. The number of nitrogens with one attached hydrogen (secondary N) is 4. The van der Waals surface area contributed by atoms with Gasteiger partial charge in [-0.25, -0.2) is 19.6 Å². The first kappa shape index (κ1) is 40.7. The molecule has 1 spiro atoms. The average molecular weight is 838 g/mol. The topological polar surface area (TPSA) is 171 Å². The number of Topliss-reactive ketones (excluding diaryl/α,β-unsaturated/α-hetero) is 1. The number of fused-ring (bicyclic) bond motifs is 3. The number of ketones is 1. The van der Waals surface area contributed by atoms with Crippen molar-refractivity contribution in [2.75, 3.05) is 20.8 Å². The summed E-state index contributed by atoms with van der Waals surface area (Å²) < 4.78 is 9.68. The highest BCUT2D eigenvalue weighted by atomic mass is 32.1. The lowest BCUT2D eigenvalue weighted by Gasteiger charge is -2.30. The number of aromatic nitrogens is 4. The minimum atomic E-state index is -1.68. The maximum atomic E-state index is 14.0. The molecular formula is C44H55N7O6SSi. The SMILES string of the molecule is COC(=O)N[C@H](C(=O)C1C[Si](C)(C)C[C@H]1c1ncc(-c2ccc(-c3ccc4c(ccc5[nH]c([C@@H]6CC7(CC7)CN6C(=O)[C@@H](NC(=O)OC)C(C)C)nc54)c3)s2)[nH]1)C(C)C. The summed E-state index contributed by atoms with van der Waals surface area (Å²) in [5.74, 6) is 1.10. The van der Waals surface area contributed by atoms with Crippen LogP contribution in [0.1, 0.15) is 70.6 Å². The Bertz CT molecular complexity index is 2430. The lowest BCUT2D eigenvalue weighted by atomic mass is 9.84. The number of nitrogens with zero attached hydrogens (tertiary/aromatic N) is 3. The minimum absolute atomic E-state index is 0.0366. The van der Waals surface area contributed by atoms with Crippen LogP contribution in [-0.2, 0) is 19.1 Å². The number of ether oxygens (including phenoxy) is 2. The number of likely N-dealkylation sites (tertiary alicyclic amines) is 1. The van der Waals surface area contributed by atoms with Crippen LogP contribution in [0.3, 0.4) is 0 Å². The van der Waals surface area contributed by atoms with Crippen LogP contribution in [0.25, 0.3) is 42.8 Å². The third-order valence-electron chi connectivity index (χ3n) is 12.9. The Morgan fingerprint density at radius 2 is 1.58 bits per heavy atom. The van der Waals surface area contributed by atoms with Gasteiger partial charge in [-0.1, -0.05) is 59.0 Å². The number of carbonyl (C=O) groups excluding carboxylic acids is 4. The van der Waals surface area contributed by atoms with E-state index in [1.54, 1.807) is 11.3 Å². The van der Waals surface area contributed by atoms with Gasteiger partial charge < -0.3 is 35.0 Å². The van der Waals surface area contributed by atoms with Crippen LogP contribution in [0.2, 0.25) is 25.2 Å². The van der Waals surface area contributed by atoms with Crippen LogP contribution in [0.5, 0.6) is 0 Å². The zero-order valence-electron chi connectivity index (χ0n) is 35.1. The number of rotatable bonds is 11. The zero-order chi connectivity index (χ0) is 42.0. The summed E-state index contributed by atoms with van der Waals surface area (Å²) in [6.45, 7) is 13.1. The molecule has 3 amide bonds. The average Bonchev–Trinajstić information content (AvgIpc) is 3.81. The van der Waals surface area contributed by atoms with E-state index in [0.717, 1.165) is 85.8 Å². The summed E-state index contributed by atoms with van der Waals surface area (Å²) in [6, 6.07) is 15.2. The van der Waals surface area contributed by atoms with Gasteiger partial charge in [0.15, 0.2) is 5.78 Å². The Morgan fingerprint density at radius 3 is 2.25 bits per heavy atom. The van der Waals surface area contributed by atoms with E-state index >= 15 is 0 Å². The molecule has 3 aromatic heterocycles. The second-order valence-electron chi connectivity index (χ2n) is 18.5. The molecule has 2 saturated heterocycles. The van der Waals surface area contributed by atoms with Crippen LogP contribution >= 0.6 is 11.3 Å². The third kappa shape index (κ3) is 7.90. The van der Waals surface area contributed by atoms with E-state index in [1.165, 1.54) is 14.2 Å². The van der Waals surface area contributed by atoms with Gasteiger partial charge in [-0.3, -0.25) is 9.59 Å². The second-order valence-corrected chi connectivity index (χ2v) is 24.7. The van der Waals surface area contributed by atoms with Crippen molar-refractivity contribution in [3.05, 3.63) is 60.3 Å². The van der Waals surface area contributed by atoms with Crippen molar-refractivity contribution in [3.63, 3.8) is 0 Å². The number of benzene rings is 2.